The maximum absolute atomic E-state index is 8.77. The van der Waals surface area contributed by atoms with Crippen molar-refractivity contribution in [3.63, 3.8) is 0 Å². The zero-order chi connectivity index (χ0) is 11.4. The third kappa shape index (κ3) is 2.52. The number of rotatable bonds is 2. The summed E-state index contributed by atoms with van der Waals surface area (Å²) in [4.78, 5) is 4.00. The lowest BCUT2D eigenvalue weighted by atomic mass is 9.88. The van der Waals surface area contributed by atoms with Crippen LogP contribution in [-0.4, -0.2) is 11.1 Å². The molecule has 0 N–H and O–H groups in total. The van der Waals surface area contributed by atoms with Gasteiger partial charge in [0.1, 0.15) is 17.9 Å². The highest BCUT2D eigenvalue weighted by Gasteiger charge is 2.22. The van der Waals surface area contributed by atoms with E-state index in [-0.39, 0.29) is 6.10 Å². The molecule has 1 heterocycles. The molecule has 1 aromatic heterocycles. The van der Waals surface area contributed by atoms with Gasteiger partial charge in [0, 0.05) is 12.3 Å². The fourth-order valence-electron chi connectivity index (χ4n) is 2.18. The minimum absolute atomic E-state index is 0.282. The van der Waals surface area contributed by atoms with E-state index in [0.29, 0.717) is 11.5 Å². The van der Waals surface area contributed by atoms with Crippen LogP contribution in [0.4, 0.5) is 0 Å². The molecule has 1 aliphatic rings. The van der Waals surface area contributed by atoms with E-state index in [1.807, 2.05) is 0 Å². The second-order valence-electron chi connectivity index (χ2n) is 4.44. The Morgan fingerprint density at radius 3 is 2.94 bits per heavy atom. The summed E-state index contributed by atoms with van der Waals surface area (Å²) in [5.41, 5.74) is 0.556. The fraction of sp³-hybridized carbons (Fsp3) is 0.538. The van der Waals surface area contributed by atoms with Crippen LogP contribution in [-0.2, 0) is 0 Å². The summed E-state index contributed by atoms with van der Waals surface area (Å²) in [6.45, 7) is 2.23. The van der Waals surface area contributed by atoms with Crippen molar-refractivity contribution in [3.8, 4) is 11.8 Å². The molecule has 0 aliphatic heterocycles. The zero-order valence-electron chi connectivity index (χ0n) is 9.52. The predicted octanol–water partition coefficient (Wildman–Crippen LogP) is 2.91. The average Bonchev–Trinajstić information content (AvgIpc) is 2.32. The minimum Gasteiger partial charge on any atom is -0.488 e. The van der Waals surface area contributed by atoms with Crippen molar-refractivity contribution in [2.45, 2.75) is 38.7 Å². The van der Waals surface area contributed by atoms with Gasteiger partial charge in [0.2, 0.25) is 0 Å². The molecule has 16 heavy (non-hydrogen) atoms. The molecule has 3 nitrogen and oxygen atoms in total. The van der Waals surface area contributed by atoms with E-state index in [4.69, 9.17) is 10.00 Å². The Labute approximate surface area is 96.1 Å². The molecule has 84 valence electrons. The summed E-state index contributed by atoms with van der Waals surface area (Å²) in [7, 11) is 0. The molecule has 0 amide bonds. The third-order valence-corrected chi connectivity index (χ3v) is 3.16. The lowest BCUT2D eigenvalue weighted by Gasteiger charge is -2.29. The maximum Gasteiger partial charge on any atom is 0.139 e. The van der Waals surface area contributed by atoms with E-state index in [9.17, 15) is 0 Å². The van der Waals surface area contributed by atoms with Gasteiger partial charge in [-0.1, -0.05) is 13.3 Å². The molecule has 0 saturated heterocycles. The van der Waals surface area contributed by atoms with E-state index >= 15 is 0 Å². The molecule has 1 fully saturated rings. The lowest BCUT2D eigenvalue weighted by molar-refractivity contribution is 0.102. The first kappa shape index (κ1) is 10.9. The van der Waals surface area contributed by atoms with Gasteiger partial charge in [-0.25, -0.2) is 0 Å². The van der Waals surface area contributed by atoms with Gasteiger partial charge in [0.25, 0.3) is 0 Å². The summed E-state index contributed by atoms with van der Waals surface area (Å²) in [6.07, 6.45) is 8.40. The molecule has 1 saturated carbocycles. The van der Waals surface area contributed by atoms with Crippen LogP contribution in [0.1, 0.15) is 38.2 Å². The first-order valence-electron chi connectivity index (χ1n) is 5.81. The van der Waals surface area contributed by atoms with Crippen LogP contribution < -0.4 is 4.74 Å². The second-order valence-corrected chi connectivity index (χ2v) is 4.44. The number of ether oxygens (including phenoxy) is 1. The molecule has 2 rings (SSSR count). The standard InChI is InChI=1S/C13H16N2O/c1-10-4-2-3-5-13(10)16-12-6-11(7-14)8-15-9-12/h6,8-10,13H,2-5H2,1H3/t10-,13-/m0/s1. The van der Waals surface area contributed by atoms with Crippen LogP contribution in [0, 0.1) is 17.2 Å². The molecule has 0 unspecified atom stereocenters. The predicted molar refractivity (Wildman–Crippen MR) is 61.0 cm³/mol. The van der Waals surface area contributed by atoms with Crippen molar-refractivity contribution in [1.82, 2.24) is 4.98 Å². The first-order valence-corrected chi connectivity index (χ1v) is 5.81. The first-order chi connectivity index (χ1) is 7.79. The molecule has 0 aromatic carbocycles. The van der Waals surface area contributed by atoms with Gasteiger partial charge in [-0.2, -0.15) is 5.26 Å². The normalized spacial score (nSPS) is 24.8. The van der Waals surface area contributed by atoms with E-state index < -0.39 is 0 Å². The number of hydrogen-bond acceptors (Lipinski definition) is 3. The van der Waals surface area contributed by atoms with Gasteiger partial charge in [-0.15, -0.1) is 0 Å². The number of nitriles is 1. The van der Waals surface area contributed by atoms with Gasteiger partial charge in [0.15, 0.2) is 0 Å². The van der Waals surface area contributed by atoms with Gasteiger partial charge >= 0.3 is 0 Å². The van der Waals surface area contributed by atoms with E-state index in [2.05, 4.69) is 18.0 Å². The summed E-state index contributed by atoms with van der Waals surface area (Å²) in [5.74, 6) is 1.32. The highest BCUT2D eigenvalue weighted by Crippen LogP contribution is 2.27. The molecular formula is C13H16N2O. The van der Waals surface area contributed by atoms with E-state index in [1.54, 1.807) is 18.5 Å². The van der Waals surface area contributed by atoms with E-state index in [1.165, 1.54) is 19.3 Å². The summed E-state index contributed by atoms with van der Waals surface area (Å²) >= 11 is 0. The Kier molecular flexibility index (Phi) is 3.40. The molecule has 3 heteroatoms. The topological polar surface area (TPSA) is 45.9 Å². The van der Waals surface area contributed by atoms with Crippen LogP contribution in [0.2, 0.25) is 0 Å². The van der Waals surface area contributed by atoms with Crippen LogP contribution >= 0.6 is 0 Å². The van der Waals surface area contributed by atoms with Crippen molar-refractivity contribution in [2.75, 3.05) is 0 Å². The van der Waals surface area contributed by atoms with Crippen molar-refractivity contribution in [2.24, 2.45) is 5.92 Å². The van der Waals surface area contributed by atoms with Crippen molar-refractivity contribution >= 4 is 0 Å². The number of pyridine rings is 1. The summed E-state index contributed by atoms with van der Waals surface area (Å²) in [6, 6.07) is 3.83. The number of aromatic nitrogens is 1. The van der Waals surface area contributed by atoms with Crippen molar-refractivity contribution in [1.29, 1.82) is 5.26 Å². The van der Waals surface area contributed by atoms with Crippen LogP contribution in [0.25, 0.3) is 0 Å². The molecule has 1 aromatic rings. The Balaban J connectivity index is 2.05. The van der Waals surface area contributed by atoms with E-state index in [0.717, 1.165) is 12.2 Å². The molecular weight excluding hydrogens is 200 g/mol. The van der Waals surface area contributed by atoms with Gasteiger partial charge in [-0.05, 0) is 25.2 Å². The van der Waals surface area contributed by atoms with Gasteiger partial charge in [0.05, 0.1) is 11.8 Å². The fourth-order valence-corrected chi connectivity index (χ4v) is 2.18. The molecule has 1 aliphatic carbocycles. The van der Waals surface area contributed by atoms with Crippen LogP contribution in [0.15, 0.2) is 18.5 Å². The number of nitrogens with zero attached hydrogens (tertiary/aromatic N) is 2. The maximum atomic E-state index is 8.77. The summed E-state index contributed by atoms with van der Waals surface area (Å²) in [5, 5.41) is 8.77. The molecule has 0 radical (unpaired) electrons. The highest BCUT2D eigenvalue weighted by molar-refractivity contribution is 5.32. The Hall–Kier alpha value is -1.56. The Bertz CT molecular complexity index is 397. The Morgan fingerprint density at radius 1 is 1.38 bits per heavy atom. The third-order valence-electron chi connectivity index (χ3n) is 3.16. The smallest absolute Gasteiger partial charge is 0.139 e. The molecule has 2 atom stereocenters. The largest absolute Gasteiger partial charge is 0.488 e. The molecule has 0 spiro atoms. The van der Waals surface area contributed by atoms with Crippen molar-refractivity contribution in [3.05, 3.63) is 24.0 Å². The number of hydrogen-bond donors (Lipinski definition) is 0. The zero-order valence-corrected chi connectivity index (χ0v) is 9.52. The van der Waals surface area contributed by atoms with Gasteiger partial charge in [-0.3, -0.25) is 4.98 Å². The minimum atomic E-state index is 0.282. The monoisotopic (exact) mass is 216 g/mol. The lowest BCUT2D eigenvalue weighted by Crippen LogP contribution is -2.28. The average molecular weight is 216 g/mol. The SMILES string of the molecule is C[C@H]1CCCC[C@@H]1Oc1cncc(C#N)c1. The molecule has 0 bridgehead atoms. The van der Waals surface area contributed by atoms with Crippen LogP contribution in [0.3, 0.4) is 0 Å². The second kappa shape index (κ2) is 4.98. The quantitative estimate of drug-likeness (QED) is 0.763. The van der Waals surface area contributed by atoms with Crippen molar-refractivity contribution < 1.29 is 4.74 Å². The highest BCUT2D eigenvalue weighted by atomic mass is 16.5. The van der Waals surface area contributed by atoms with Gasteiger partial charge < -0.3 is 4.74 Å². The summed E-state index contributed by atoms with van der Waals surface area (Å²) < 4.78 is 5.90. The Morgan fingerprint density at radius 2 is 2.19 bits per heavy atom. The van der Waals surface area contributed by atoms with Crippen LogP contribution in [0.5, 0.6) is 5.75 Å².